The molecule has 2 rings (SSSR count). The Hall–Kier alpha value is -2.32. The van der Waals surface area contributed by atoms with Crippen molar-refractivity contribution in [1.29, 1.82) is 0 Å². The first kappa shape index (κ1) is 16.1. The zero-order chi connectivity index (χ0) is 15.9. The van der Waals surface area contributed by atoms with Gasteiger partial charge in [0, 0.05) is 18.7 Å². The predicted molar refractivity (Wildman–Crippen MR) is 77.5 cm³/mol. The average Bonchev–Trinajstić information content (AvgIpc) is 2.59. The fourth-order valence-electron chi connectivity index (χ4n) is 2.05. The van der Waals surface area contributed by atoms with E-state index in [1.807, 2.05) is 5.43 Å². The van der Waals surface area contributed by atoms with Crippen LogP contribution in [0.5, 0.6) is 11.5 Å². The van der Waals surface area contributed by atoms with Crippen molar-refractivity contribution in [3.8, 4) is 11.5 Å². The standard InChI is InChI=1S/C14H19N3O5/c1-20-12-8-10(14(19)16-15)2-3-11(12)22-9-13(18)17-4-6-21-7-5-17/h2-3,8H,4-7,9,15H2,1H3,(H,16,19). The van der Waals surface area contributed by atoms with Crippen LogP contribution in [0, 0.1) is 0 Å². The van der Waals surface area contributed by atoms with E-state index in [0.717, 1.165) is 0 Å². The molecule has 8 heteroatoms. The van der Waals surface area contributed by atoms with Crippen LogP contribution in [0.3, 0.4) is 0 Å². The van der Waals surface area contributed by atoms with Gasteiger partial charge in [0.2, 0.25) is 0 Å². The van der Waals surface area contributed by atoms with Crippen molar-refractivity contribution in [3.05, 3.63) is 23.8 Å². The number of nitrogens with two attached hydrogens (primary N) is 1. The number of hydrogen-bond donors (Lipinski definition) is 2. The summed E-state index contributed by atoms with van der Waals surface area (Å²) in [5, 5.41) is 0. The smallest absolute Gasteiger partial charge is 0.265 e. The molecule has 0 aromatic heterocycles. The molecule has 0 atom stereocenters. The molecule has 3 N–H and O–H groups in total. The largest absolute Gasteiger partial charge is 0.493 e. The van der Waals surface area contributed by atoms with Crippen molar-refractivity contribution in [2.75, 3.05) is 40.0 Å². The highest BCUT2D eigenvalue weighted by Crippen LogP contribution is 2.28. The van der Waals surface area contributed by atoms with Gasteiger partial charge in [0.05, 0.1) is 20.3 Å². The van der Waals surface area contributed by atoms with E-state index in [-0.39, 0.29) is 12.5 Å². The fraction of sp³-hybridized carbons (Fsp3) is 0.429. The first-order valence-corrected chi connectivity index (χ1v) is 6.83. The number of nitrogen functional groups attached to an aromatic ring is 1. The van der Waals surface area contributed by atoms with E-state index in [1.165, 1.54) is 13.2 Å². The van der Waals surface area contributed by atoms with Crippen LogP contribution in [0.2, 0.25) is 0 Å². The number of amides is 2. The molecule has 0 radical (unpaired) electrons. The molecule has 1 aliphatic heterocycles. The Labute approximate surface area is 128 Å². The van der Waals surface area contributed by atoms with Gasteiger partial charge < -0.3 is 19.1 Å². The third-order valence-electron chi connectivity index (χ3n) is 3.27. The van der Waals surface area contributed by atoms with Gasteiger partial charge in [-0.15, -0.1) is 0 Å². The quantitative estimate of drug-likeness (QED) is 0.433. The second-order valence-corrected chi connectivity index (χ2v) is 4.62. The Bertz CT molecular complexity index is 543. The molecular formula is C14H19N3O5. The number of nitrogens with one attached hydrogen (secondary N) is 1. The third-order valence-corrected chi connectivity index (χ3v) is 3.27. The number of rotatable bonds is 5. The Kier molecular flexibility index (Phi) is 5.56. The number of carbonyl (C=O) groups is 2. The molecule has 0 bridgehead atoms. The second kappa shape index (κ2) is 7.62. The number of ether oxygens (including phenoxy) is 3. The van der Waals surface area contributed by atoms with Crippen LogP contribution in [0.15, 0.2) is 18.2 Å². The molecule has 1 heterocycles. The van der Waals surface area contributed by atoms with Crippen LogP contribution < -0.4 is 20.7 Å². The van der Waals surface area contributed by atoms with E-state index in [1.54, 1.807) is 17.0 Å². The fourth-order valence-corrected chi connectivity index (χ4v) is 2.05. The lowest BCUT2D eigenvalue weighted by Gasteiger charge is -2.26. The maximum absolute atomic E-state index is 12.0. The monoisotopic (exact) mass is 309 g/mol. The van der Waals surface area contributed by atoms with E-state index >= 15 is 0 Å². The number of morpholine rings is 1. The molecule has 1 aliphatic rings. The molecule has 22 heavy (non-hydrogen) atoms. The SMILES string of the molecule is COc1cc(C(=O)NN)ccc1OCC(=O)N1CCOCC1. The summed E-state index contributed by atoms with van der Waals surface area (Å²) in [4.78, 5) is 25.2. The number of methoxy groups -OCH3 is 1. The first-order chi connectivity index (χ1) is 10.7. The number of hydrogen-bond acceptors (Lipinski definition) is 6. The lowest BCUT2D eigenvalue weighted by Crippen LogP contribution is -2.43. The van der Waals surface area contributed by atoms with E-state index in [0.29, 0.717) is 43.4 Å². The molecule has 2 amide bonds. The van der Waals surface area contributed by atoms with Crippen molar-refractivity contribution >= 4 is 11.8 Å². The topological polar surface area (TPSA) is 103 Å². The summed E-state index contributed by atoms with van der Waals surface area (Å²) in [5.41, 5.74) is 2.38. The van der Waals surface area contributed by atoms with Crippen molar-refractivity contribution in [1.82, 2.24) is 10.3 Å². The van der Waals surface area contributed by atoms with Gasteiger partial charge in [0.15, 0.2) is 18.1 Å². The normalized spacial score (nSPS) is 14.4. The molecular weight excluding hydrogens is 290 g/mol. The van der Waals surface area contributed by atoms with Gasteiger partial charge in [0.25, 0.3) is 11.8 Å². The summed E-state index contributed by atoms with van der Waals surface area (Å²) in [6.07, 6.45) is 0. The highest BCUT2D eigenvalue weighted by atomic mass is 16.5. The molecule has 0 spiro atoms. The van der Waals surface area contributed by atoms with Gasteiger partial charge in [-0.05, 0) is 18.2 Å². The highest BCUT2D eigenvalue weighted by Gasteiger charge is 2.18. The maximum Gasteiger partial charge on any atom is 0.265 e. The van der Waals surface area contributed by atoms with Crippen LogP contribution in [0.4, 0.5) is 0 Å². The van der Waals surface area contributed by atoms with Crippen molar-refractivity contribution in [2.45, 2.75) is 0 Å². The maximum atomic E-state index is 12.0. The third kappa shape index (κ3) is 3.86. The summed E-state index contributed by atoms with van der Waals surface area (Å²) in [6.45, 7) is 2.11. The van der Waals surface area contributed by atoms with Gasteiger partial charge in [0.1, 0.15) is 0 Å². The first-order valence-electron chi connectivity index (χ1n) is 6.83. The van der Waals surface area contributed by atoms with Gasteiger partial charge in [-0.1, -0.05) is 0 Å². The highest BCUT2D eigenvalue weighted by molar-refractivity contribution is 5.94. The molecule has 120 valence electrons. The lowest BCUT2D eigenvalue weighted by atomic mass is 10.2. The Morgan fingerprint density at radius 1 is 1.32 bits per heavy atom. The molecule has 1 aromatic rings. The number of benzene rings is 1. The molecule has 0 saturated carbocycles. The molecule has 0 unspecified atom stereocenters. The zero-order valence-corrected chi connectivity index (χ0v) is 12.3. The summed E-state index contributed by atoms with van der Waals surface area (Å²) in [6, 6.07) is 4.60. The second-order valence-electron chi connectivity index (χ2n) is 4.62. The van der Waals surface area contributed by atoms with Crippen molar-refractivity contribution in [2.24, 2.45) is 5.84 Å². The van der Waals surface area contributed by atoms with Crippen LogP contribution >= 0.6 is 0 Å². The minimum Gasteiger partial charge on any atom is -0.493 e. The number of carbonyl (C=O) groups excluding carboxylic acids is 2. The summed E-state index contributed by atoms with van der Waals surface area (Å²) in [5.74, 6) is 5.27. The van der Waals surface area contributed by atoms with Gasteiger partial charge in [-0.3, -0.25) is 15.0 Å². The summed E-state index contributed by atoms with van der Waals surface area (Å²) < 4.78 is 15.9. The van der Waals surface area contributed by atoms with E-state index in [4.69, 9.17) is 20.1 Å². The summed E-state index contributed by atoms with van der Waals surface area (Å²) >= 11 is 0. The Morgan fingerprint density at radius 3 is 2.68 bits per heavy atom. The van der Waals surface area contributed by atoms with Crippen molar-refractivity contribution < 1.29 is 23.8 Å². The van der Waals surface area contributed by atoms with Crippen molar-refractivity contribution in [3.63, 3.8) is 0 Å². The van der Waals surface area contributed by atoms with E-state index in [9.17, 15) is 9.59 Å². The minimum atomic E-state index is -0.436. The molecule has 1 fully saturated rings. The zero-order valence-electron chi connectivity index (χ0n) is 12.3. The Balaban J connectivity index is 1.99. The molecule has 0 aliphatic carbocycles. The lowest BCUT2D eigenvalue weighted by molar-refractivity contribution is -0.137. The van der Waals surface area contributed by atoms with Gasteiger partial charge >= 0.3 is 0 Å². The molecule has 1 saturated heterocycles. The predicted octanol–water partition coefficient (Wildman–Crippen LogP) is -0.464. The van der Waals surface area contributed by atoms with Crippen LogP contribution in [0.25, 0.3) is 0 Å². The number of hydrazine groups is 1. The van der Waals surface area contributed by atoms with Crippen LogP contribution in [-0.4, -0.2) is 56.7 Å². The molecule has 1 aromatic carbocycles. The molecule has 8 nitrogen and oxygen atoms in total. The Morgan fingerprint density at radius 2 is 2.05 bits per heavy atom. The van der Waals surface area contributed by atoms with Crippen LogP contribution in [0.1, 0.15) is 10.4 Å². The minimum absolute atomic E-state index is 0.0984. The summed E-state index contributed by atoms with van der Waals surface area (Å²) in [7, 11) is 1.45. The average molecular weight is 309 g/mol. The van der Waals surface area contributed by atoms with E-state index < -0.39 is 5.91 Å². The van der Waals surface area contributed by atoms with Crippen LogP contribution in [-0.2, 0) is 9.53 Å². The number of nitrogens with zero attached hydrogens (tertiary/aromatic N) is 1. The van der Waals surface area contributed by atoms with Gasteiger partial charge in [-0.25, -0.2) is 5.84 Å². The van der Waals surface area contributed by atoms with E-state index in [2.05, 4.69) is 0 Å². The van der Waals surface area contributed by atoms with Gasteiger partial charge in [-0.2, -0.15) is 0 Å².